The number of hydrogen-bond acceptors (Lipinski definition) is 5. The van der Waals surface area contributed by atoms with Crippen molar-refractivity contribution in [3.8, 4) is 0 Å². The molecule has 0 spiro atoms. The Morgan fingerprint density at radius 2 is 2.24 bits per heavy atom. The number of carbonyl (C=O) groups excluding carboxylic acids is 2. The predicted octanol–water partition coefficient (Wildman–Crippen LogP) is 1.49. The van der Waals surface area contributed by atoms with Gasteiger partial charge in [0.1, 0.15) is 6.04 Å². The molecule has 1 saturated heterocycles. The van der Waals surface area contributed by atoms with Gasteiger partial charge in [-0.3, -0.25) is 14.4 Å². The van der Waals surface area contributed by atoms with Crippen LogP contribution in [0.2, 0.25) is 0 Å². The van der Waals surface area contributed by atoms with E-state index < -0.39 is 6.04 Å². The van der Waals surface area contributed by atoms with Gasteiger partial charge < -0.3 is 10.6 Å². The lowest BCUT2D eigenvalue weighted by Crippen LogP contribution is -2.54. The predicted molar refractivity (Wildman–Crippen MR) is 95.5 cm³/mol. The monoisotopic (exact) mass is 362 g/mol. The van der Waals surface area contributed by atoms with Crippen LogP contribution in [0.4, 0.5) is 10.6 Å². The van der Waals surface area contributed by atoms with E-state index in [0.29, 0.717) is 25.3 Å². The first-order valence-electron chi connectivity index (χ1n) is 8.22. The Morgan fingerprint density at radius 3 is 2.88 bits per heavy atom. The summed E-state index contributed by atoms with van der Waals surface area (Å²) in [5, 5.41) is 10.8. The SMILES string of the molecule is Cc1nc(C)c(CNC(=O)N[C@@H]2CCCN(c3ccn(C)n3)C2=O)s1. The zero-order valence-electron chi connectivity index (χ0n) is 14.6. The maximum absolute atomic E-state index is 12.6. The second-order valence-corrected chi connectivity index (χ2v) is 7.39. The molecule has 8 nitrogen and oxygen atoms in total. The summed E-state index contributed by atoms with van der Waals surface area (Å²) in [6.45, 7) is 4.89. The van der Waals surface area contributed by atoms with Gasteiger partial charge in [-0.25, -0.2) is 9.78 Å². The number of carbonyl (C=O) groups is 2. The number of thiazole rings is 1. The smallest absolute Gasteiger partial charge is 0.315 e. The van der Waals surface area contributed by atoms with E-state index in [0.717, 1.165) is 22.0 Å². The number of anilines is 1. The van der Waals surface area contributed by atoms with Crippen LogP contribution in [0.1, 0.15) is 28.4 Å². The molecule has 1 aliphatic heterocycles. The molecule has 0 unspecified atom stereocenters. The van der Waals surface area contributed by atoms with E-state index in [1.165, 1.54) is 0 Å². The summed E-state index contributed by atoms with van der Waals surface area (Å²) in [6.07, 6.45) is 3.25. The first kappa shape index (κ1) is 17.4. The molecule has 9 heteroatoms. The molecule has 1 atom stereocenters. The molecular formula is C16H22N6O2S. The minimum absolute atomic E-state index is 0.120. The third-order valence-corrected chi connectivity index (χ3v) is 5.20. The van der Waals surface area contributed by atoms with Crippen molar-refractivity contribution in [2.45, 2.75) is 39.3 Å². The summed E-state index contributed by atoms with van der Waals surface area (Å²) in [4.78, 5) is 31.8. The van der Waals surface area contributed by atoms with E-state index >= 15 is 0 Å². The van der Waals surface area contributed by atoms with Crippen LogP contribution < -0.4 is 15.5 Å². The second-order valence-electron chi connectivity index (χ2n) is 6.10. The van der Waals surface area contributed by atoms with E-state index in [9.17, 15) is 9.59 Å². The largest absolute Gasteiger partial charge is 0.333 e. The van der Waals surface area contributed by atoms with Crippen molar-refractivity contribution in [2.75, 3.05) is 11.4 Å². The van der Waals surface area contributed by atoms with Gasteiger partial charge in [-0.2, -0.15) is 5.10 Å². The molecule has 0 bridgehead atoms. The zero-order chi connectivity index (χ0) is 18.0. The van der Waals surface area contributed by atoms with E-state index in [4.69, 9.17) is 0 Å². The third kappa shape index (κ3) is 3.98. The van der Waals surface area contributed by atoms with Gasteiger partial charge in [-0.05, 0) is 26.7 Å². The Labute approximate surface area is 150 Å². The first-order chi connectivity index (χ1) is 11.9. The number of aromatic nitrogens is 3. The van der Waals surface area contributed by atoms with Gasteiger partial charge in [0.2, 0.25) is 0 Å². The highest BCUT2D eigenvalue weighted by Crippen LogP contribution is 2.19. The van der Waals surface area contributed by atoms with Crippen LogP contribution in [0, 0.1) is 13.8 Å². The van der Waals surface area contributed by atoms with Crippen LogP contribution in [0.15, 0.2) is 12.3 Å². The van der Waals surface area contributed by atoms with Crippen LogP contribution in [-0.4, -0.2) is 39.3 Å². The Kier molecular flexibility index (Phi) is 5.03. The lowest BCUT2D eigenvalue weighted by Gasteiger charge is -2.31. The molecule has 0 aromatic carbocycles. The van der Waals surface area contributed by atoms with E-state index in [1.54, 1.807) is 33.2 Å². The molecule has 0 aliphatic carbocycles. The average Bonchev–Trinajstić information content (AvgIpc) is 3.12. The molecule has 3 heterocycles. The standard InChI is InChI=1S/C16H22N6O2S/c1-10-13(25-11(2)18-10)9-17-16(24)19-12-5-4-7-22(15(12)23)14-6-8-21(3)20-14/h6,8,12H,4-5,7,9H2,1-3H3,(H2,17,19,24)/t12-/m1/s1. The quantitative estimate of drug-likeness (QED) is 0.862. The maximum Gasteiger partial charge on any atom is 0.315 e. The highest BCUT2D eigenvalue weighted by Gasteiger charge is 2.31. The van der Waals surface area contributed by atoms with Crippen molar-refractivity contribution >= 4 is 29.1 Å². The zero-order valence-corrected chi connectivity index (χ0v) is 15.4. The fraction of sp³-hybridized carbons (Fsp3) is 0.500. The minimum Gasteiger partial charge on any atom is -0.333 e. The number of hydrogen-bond donors (Lipinski definition) is 2. The molecule has 1 fully saturated rings. The van der Waals surface area contributed by atoms with E-state index in [1.807, 2.05) is 20.9 Å². The van der Waals surface area contributed by atoms with E-state index in [2.05, 4.69) is 20.7 Å². The van der Waals surface area contributed by atoms with Crippen molar-refractivity contribution in [2.24, 2.45) is 7.05 Å². The Morgan fingerprint density at radius 1 is 1.44 bits per heavy atom. The summed E-state index contributed by atoms with van der Waals surface area (Å²) in [5.41, 5.74) is 0.929. The van der Waals surface area contributed by atoms with Gasteiger partial charge in [0, 0.05) is 30.7 Å². The van der Waals surface area contributed by atoms with Crippen molar-refractivity contribution in [3.05, 3.63) is 27.8 Å². The number of aryl methyl sites for hydroxylation is 3. The van der Waals surface area contributed by atoms with Crippen LogP contribution in [-0.2, 0) is 18.4 Å². The summed E-state index contributed by atoms with van der Waals surface area (Å²) in [7, 11) is 1.81. The summed E-state index contributed by atoms with van der Waals surface area (Å²) in [5.74, 6) is 0.500. The molecule has 3 rings (SSSR count). The van der Waals surface area contributed by atoms with Crippen molar-refractivity contribution < 1.29 is 9.59 Å². The molecule has 2 N–H and O–H groups in total. The lowest BCUT2D eigenvalue weighted by atomic mass is 10.1. The fourth-order valence-electron chi connectivity index (χ4n) is 2.89. The minimum atomic E-state index is -0.528. The molecule has 25 heavy (non-hydrogen) atoms. The Hall–Kier alpha value is -2.42. The first-order valence-corrected chi connectivity index (χ1v) is 9.04. The number of amides is 3. The summed E-state index contributed by atoms with van der Waals surface area (Å²) < 4.78 is 1.66. The van der Waals surface area contributed by atoms with E-state index in [-0.39, 0.29) is 11.9 Å². The third-order valence-electron chi connectivity index (χ3n) is 4.13. The molecule has 2 aromatic heterocycles. The highest BCUT2D eigenvalue weighted by atomic mass is 32.1. The van der Waals surface area contributed by atoms with Crippen molar-refractivity contribution in [1.29, 1.82) is 0 Å². The number of rotatable bonds is 4. The van der Waals surface area contributed by atoms with Crippen LogP contribution in [0.3, 0.4) is 0 Å². The normalized spacial score (nSPS) is 17.6. The van der Waals surface area contributed by atoms with Crippen LogP contribution in [0.25, 0.3) is 0 Å². The second kappa shape index (κ2) is 7.22. The average molecular weight is 362 g/mol. The molecule has 134 valence electrons. The topological polar surface area (TPSA) is 92.2 Å². The van der Waals surface area contributed by atoms with Gasteiger partial charge >= 0.3 is 6.03 Å². The van der Waals surface area contributed by atoms with Gasteiger partial charge in [-0.15, -0.1) is 11.3 Å². The van der Waals surface area contributed by atoms with Crippen LogP contribution in [0.5, 0.6) is 0 Å². The van der Waals surface area contributed by atoms with Gasteiger partial charge in [-0.1, -0.05) is 0 Å². The van der Waals surface area contributed by atoms with Crippen molar-refractivity contribution in [3.63, 3.8) is 0 Å². The summed E-state index contributed by atoms with van der Waals surface area (Å²) >= 11 is 1.56. The fourth-order valence-corrected chi connectivity index (χ4v) is 3.77. The number of nitrogens with zero attached hydrogens (tertiary/aromatic N) is 4. The number of nitrogens with one attached hydrogen (secondary N) is 2. The molecule has 0 radical (unpaired) electrons. The van der Waals surface area contributed by atoms with Crippen LogP contribution >= 0.6 is 11.3 Å². The molecule has 0 saturated carbocycles. The number of piperidine rings is 1. The molecule has 3 amide bonds. The van der Waals surface area contributed by atoms with Gasteiger partial charge in [0.25, 0.3) is 5.91 Å². The molecular weight excluding hydrogens is 340 g/mol. The molecule has 1 aliphatic rings. The Bertz CT molecular complexity index is 783. The maximum atomic E-state index is 12.6. The molecule has 2 aromatic rings. The number of urea groups is 1. The lowest BCUT2D eigenvalue weighted by molar-refractivity contribution is -0.121. The Balaban J connectivity index is 1.57. The van der Waals surface area contributed by atoms with Crippen molar-refractivity contribution in [1.82, 2.24) is 25.4 Å². The van der Waals surface area contributed by atoms with Gasteiger partial charge in [0.15, 0.2) is 5.82 Å². The summed E-state index contributed by atoms with van der Waals surface area (Å²) in [6, 6.07) is 0.932. The van der Waals surface area contributed by atoms with Gasteiger partial charge in [0.05, 0.1) is 17.2 Å². The highest BCUT2D eigenvalue weighted by molar-refractivity contribution is 7.11.